The Bertz CT molecular complexity index is 973. The van der Waals surface area contributed by atoms with Gasteiger partial charge in [0.15, 0.2) is 11.5 Å². The number of H-pyrrole nitrogens is 1. The molecule has 0 spiro atoms. The first-order valence-corrected chi connectivity index (χ1v) is 7.34. The SMILES string of the molecule is COc1cccc(Cn2c(=O)[nH]c3cc(C(F)(F)F)ccc32)c1OC. The predicted octanol–water partition coefficient (Wildman–Crippen LogP) is 3.41. The lowest BCUT2D eigenvalue weighted by Gasteiger charge is -2.13. The number of hydrogen-bond donors (Lipinski definition) is 1. The van der Waals surface area contributed by atoms with Gasteiger partial charge < -0.3 is 14.5 Å². The van der Waals surface area contributed by atoms with Crippen LogP contribution in [0.1, 0.15) is 11.1 Å². The van der Waals surface area contributed by atoms with E-state index in [2.05, 4.69) is 4.98 Å². The lowest BCUT2D eigenvalue weighted by atomic mass is 10.1. The van der Waals surface area contributed by atoms with Gasteiger partial charge in [0.05, 0.1) is 37.4 Å². The number of imidazole rings is 1. The fraction of sp³-hybridized carbons (Fsp3) is 0.235. The summed E-state index contributed by atoms with van der Waals surface area (Å²) < 4.78 is 50.4. The first kappa shape index (κ1) is 16.9. The van der Waals surface area contributed by atoms with Gasteiger partial charge >= 0.3 is 11.9 Å². The molecule has 8 heteroatoms. The number of ether oxygens (including phenoxy) is 2. The number of halogens is 3. The Morgan fingerprint density at radius 2 is 1.88 bits per heavy atom. The van der Waals surface area contributed by atoms with Gasteiger partial charge in [-0.25, -0.2) is 4.79 Å². The molecule has 2 aromatic carbocycles. The quantitative estimate of drug-likeness (QED) is 0.783. The van der Waals surface area contributed by atoms with Crippen LogP contribution in [0.3, 0.4) is 0 Å². The molecule has 0 radical (unpaired) electrons. The maximum atomic E-state index is 12.8. The van der Waals surface area contributed by atoms with Crippen LogP contribution < -0.4 is 15.2 Å². The lowest BCUT2D eigenvalue weighted by Crippen LogP contribution is -2.17. The number of aromatic amines is 1. The molecular formula is C17H15F3N2O3. The van der Waals surface area contributed by atoms with Crippen molar-refractivity contribution in [3.8, 4) is 11.5 Å². The molecule has 5 nitrogen and oxygen atoms in total. The van der Waals surface area contributed by atoms with Crippen LogP contribution in [0.5, 0.6) is 11.5 Å². The fourth-order valence-corrected chi connectivity index (χ4v) is 2.75. The van der Waals surface area contributed by atoms with Gasteiger partial charge in [0.1, 0.15) is 0 Å². The molecule has 0 saturated heterocycles. The number of para-hydroxylation sites is 1. The number of aromatic nitrogens is 2. The molecule has 3 aromatic rings. The van der Waals surface area contributed by atoms with Crippen LogP contribution in [-0.4, -0.2) is 23.8 Å². The van der Waals surface area contributed by atoms with E-state index >= 15 is 0 Å². The molecule has 132 valence electrons. The topological polar surface area (TPSA) is 56.2 Å². The van der Waals surface area contributed by atoms with Crippen molar-refractivity contribution in [3.05, 3.63) is 58.0 Å². The van der Waals surface area contributed by atoms with Crippen molar-refractivity contribution in [2.24, 2.45) is 0 Å². The van der Waals surface area contributed by atoms with E-state index in [4.69, 9.17) is 9.47 Å². The van der Waals surface area contributed by atoms with Crippen molar-refractivity contribution >= 4 is 11.0 Å². The highest BCUT2D eigenvalue weighted by Crippen LogP contribution is 2.33. The first-order valence-electron chi connectivity index (χ1n) is 7.34. The summed E-state index contributed by atoms with van der Waals surface area (Å²) in [6.07, 6.45) is -4.47. The predicted molar refractivity (Wildman–Crippen MR) is 86.2 cm³/mol. The second-order valence-electron chi connectivity index (χ2n) is 5.40. The Morgan fingerprint density at radius 3 is 2.52 bits per heavy atom. The molecular weight excluding hydrogens is 337 g/mol. The summed E-state index contributed by atoms with van der Waals surface area (Å²) in [5, 5.41) is 0. The fourth-order valence-electron chi connectivity index (χ4n) is 2.75. The molecule has 0 unspecified atom stereocenters. The Hall–Kier alpha value is -2.90. The van der Waals surface area contributed by atoms with Gasteiger partial charge in [-0.3, -0.25) is 4.57 Å². The normalized spacial score (nSPS) is 11.7. The van der Waals surface area contributed by atoms with Gasteiger partial charge in [-0.05, 0) is 24.3 Å². The van der Waals surface area contributed by atoms with E-state index in [0.717, 1.165) is 12.1 Å². The van der Waals surface area contributed by atoms with Crippen LogP contribution in [-0.2, 0) is 12.7 Å². The molecule has 0 aliphatic carbocycles. The van der Waals surface area contributed by atoms with E-state index in [9.17, 15) is 18.0 Å². The molecule has 3 rings (SSSR count). The van der Waals surface area contributed by atoms with Crippen LogP contribution in [0.25, 0.3) is 11.0 Å². The van der Waals surface area contributed by atoms with Gasteiger partial charge in [0, 0.05) is 5.56 Å². The summed E-state index contributed by atoms with van der Waals surface area (Å²) in [5.74, 6) is 0.977. The minimum absolute atomic E-state index is 0.127. The van der Waals surface area contributed by atoms with Crippen LogP contribution in [0.15, 0.2) is 41.2 Å². The third kappa shape index (κ3) is 3.07. The van der Waals surface area contributed by atoms with Crippen LogP contribution >= 0.6 is 0 Å². The summed E-state index contributed by atoms with van der Waals surface area (Å²) in [6, 6.07) is 8.39. The van der Waals surface area contributed by atoms with Gasteiger partial charge in [0.25, 0.3) is 0 Å². The summed E-state index contributed by atoms with van der Waals surface area (Å²) in [6.45, 7) is 0.130. The number of benzene rings is 2. The number of methoxy groups -OCH3 is 2. The number of alkyl halides is 3. The highest BCUT2D eigenvalue weighted by atomic mass is 19.4. The zero-order valence-corrected chi connectivity index (χ0v) is 13.5. The van der Waals surface area contributed by atoms with E-state index in [1.165, 1.54) is 24.9 Å². The largest absolute Gasteiger partial charge is 0.493 e. The van der Waals surface area contributed by atoms with Gasteiger partial charge in [-0.15, -0.1) is 0 Å². The first-order chi connectivity index (χ1) is 11.8. The van der Waals surface area contributed by atoms with E-state index in [1.807, 2.05) is 0 Å². The Labute approximate surface area is 140 Å². The van der Waals surface area contributed by atoms with Crippen molar-refractivity contribution in [3.63, 3.8) is 0 Å². The van der Waals surface area contributed by atoms with E-state index in [1.54, 1.807) is 18.2 Å². The molecule has 0 fully saturated rings. The number of hydrogen-bond acceptors (Lipinski definition) is 3. The molecule has 25 heavy (non-hydrogen) atoms. The third-order valence-electron chi connectivity index (χ3n) is 3.91. The monoisotopic (exact) mass is 352 g/mol. The van der Waals surface area contributed by atoms with E-state index < -0.39 is 17.4 Å². The highest BCUT2D eigenvalue weighted by molar-refractivity contribution is 5.76. The van der Waals surface area contributed by atoms with Crippen LogP contribution in [0, 0.1) is 0 Å². The molecule has 0 aliphatic rings. The molecule has 0 aliphatic heterocycles. The molecule has 0 bridgehead atoms. The molecule has 0 atom stereocenters. The summed E-state index contributed by atoms with van der Waals surface area (Å²) in [7, 11) is 2.98. The van der Waals surface area contributed by atoms with Crippen molar-refractivity contribution in [1.82, 2.24) is 9.55 Å². The number of nitrogens with zero attached hydrogens (tertiary/aromatic N) is 1. The minimum Gasteiger partial charge on any atom is -0.493 e. The summed E-state index contributed by atoms with van der Waals surface area (Å²) in [5.41, 5.74) is -0.138. The molecule has 1 N–H and O–H groups in total. The van der Waals surface area contributed by atoms with E-state index in [0.29, 0.717) is 22.6 Å². The average molecular weight is 352 g/mol. The minimum atomic E-state index is -4.47. The maximum Gasteiger partial charge on any atom is 0.416 e. The van der Waals surface area contributed by atoms with Crippen LogP contribution in [0.4, 0.5) is 13.2 Å². The number of rotatable bonds is 4. The Morgan fingerprint density at radius 1 is 1.12 bits per heavy atom. The second kappa shape index (κ2) is 6.19. The summed E-state index contributed by atoms with van der Waals surface area (Å²) in [4.78, 5) is 14.7. The van der Waals surface area contributed by atoms with Gasteiger partial charge in [0.2, 0.25) is 0 Å². The van der Waals surface area contributed by atoms with Crippen molar-refractivity contribution in [1.29, 1.82) is 0 Å². The molecule has 1 heterocycles. The second-order valence-corrected chi connectivity index (χ2v) is 5.40. The molecule has 1 aromatic heterocycles. The molecule has 0 amide bonds. The standard InChI is InChI=1S/C17H15F3N2O3/c1-24-14-5-3-4-10(15(14)25-2)9-22-13-7-6-11(17(18,19)20)8-12(13)21-16(22)23/h3-8H,9H2,1-2H3,(H,21,23). The Balaban J connectivity index is 2.09. The zero-order chi connectivity index (χ0) is 18.2. The Kier molecular flexibility index (Phi) is 4.20. The highest BCUT2D eigenvalue weighted by Gasteiger charge is 2.31. The van der Waals surface area contributed by atoms with Gasteiger partial charge in [-0.2, -0.15) is 13.2 Å². The maximum absolute atomic E-state index is 12.8. The summed E-state index contributed by atoms with van der Waals surface area (Å²) >= 11 is 0. The lowest BCUT2D eigenvalue weighted by molar-refractivity contribution is -0.137. The number of fused-ring (bicyclic) bond motifs is 1. The van der Waals surface area contributed by atoms with Gasteiger partial charge in [-0.1, -0.05) is 12.1 Å². The van der Waals surface area contributed by atoms with Crippen molar-refractivity contribution in [2.45, 2.75) is 12.7 Å². The third-order valence-corrected chi connectivity index (χ3v) is 3.91. The zero-order valence-electron chi connectivity index (χ0n) is 13.5. The number of nitrogens with one attached hydrogen (secondary N) is 1. The van der Waals surface area contributed by atoms with E-state index in [-0.39, 0.29) is 12.1 Å². The van der Waals surface area contributed by atoms with Crippen molar-refractivity contribution in [2.75, 3.05) is 14.2 Å². The average Bonchev–Trinajstić information content (AvgIpc) is 2.88. The molecule has 0 saturated carbocycles. The van der Waals surface area contributed by atoms with Crippen LogP contribution in [0.2, 0.25) is 0 Å². The van der Waals surface area contributed by atoms with Crippen molar-refractivity contribution < 1.29 is 22.6 Å². The smallest absolute Gasteiger partial charge is 0.416 e.